The van der Waals surface area contributed by atoms with Crippen LogP contribution in [0.25, 0.3) is 0 Å². The maximum absolute atomic E-state index is 13.0. The average Bonchev–Trinajstić information content (AvgIpc) is 2.49. The third-order valence-electron chi connectivity index (χ3n) is 3.38. The molecule has 0 saturated heterocycles. The van der Waals surface area contributed by atoms with Crippen molar-refractivity contribution in [1.29, 1.82) is 0 Å². The van der Waals surface area contributed by atoms with E-state index in [0.29, 0.717) is 17.1 Å². The second kappa shape index (κ2) is 8.69. The molecule has 0 aliphatic rings. The zero-order valence-electron chi connectivity index (χ0n) is 13.9. The minimum atomic E-state index is -3.50. The molecule has 130 valence electrons. The average molecular weight is 363 g/mol. The van der Waals surface area contributed by atoms with Crippen LogP contribution < -0.4 is 10.6 Å². The Balaban J connectivity index is 2.88. The van der Waals surface area contributed by atoms with E-state index in [0.717, 1.165) is 0 Å². The van der Waals surface area contributed by atoms with E-state index in [4.69, 9.17) is 20.6 Å². The number of halogens is 1. The predicted octanol–water partition coefficient (Wildman–Crippen LogP) is 4.85. The molecular formula is C15H24ClN2O4P. The second-order valence-corrected chi connectivity index (χ2v) is 7.98. The summed E-state index contributed by atoms with van der Waals surface area (Å²) < 4.78 is 23.7. The van der Waals surface area contributed by atoms with Crippen molar-refractivity contribution in [2.45, 2.75) is 39.4 Å². The van der Waals surface area contributed by atoms with Gasteiger partial charge in [-0.1, -0.05) is 18.5 Å². The van der Waals surface area contributed by atoms with E-state index < -0.39 is 18.9 Å². The van der Waals surface area contributed by atoms with Crippen molar-refractivity contribution in [1.82, 2.24) is 5.32 Å². The van der Waals surface area contributed by atoms with Gasteiger partial charge in [0.1, 0.15) is 5.28 Å². The molecule has 0 bridgehead atoms. The number of carbonyl (C=O) groups is 1. The van der Waals surface area contributed by atoms with Crippen LogP contribution in [0.1, 0.15) is 34.1 Å². The van der Waals surface area contributed by atoms with E-state index >= 15 is 0 Å². The fourth-order valence-electron chi connectivity index (χ4n) is 1.95. The number of anilines is 1. The lowest BCUT2D eigenvalue weighted by Gasteiger charge is -2.35. The minimum Gasteiger partial charge on any atom is -0.321 e. The van der Waals surface area contributed by atoms with E-state index in [-0.39, 0.29) is 13.2 Å². The number of carbonyl (C=O) groups excluding carboxylic acids is 1. The third-order valence-corrected chi connectivity index (χ3v) is 6.46. The third kappa shape index (κ3) is 5.21. The van der Waals surface area contributed by atoms with E-state index in [2.05, 4.69) is 10.6 Å². The molecule has 0 heterocycles. The lowest BCUT2D eigenvalue weighted by molar-refractivity contribution is 0.186. The number of benzene rings is 1. The normalized spacial score (nSPS) is 14.1. The van der Waals surface area contributed by atoms with Crippen LogP contribution >= 0.6 is 19.2 Å². The predicted molar refractivity (Wildman–Crippen MR) is 93.2 cm³/mol. The van der Waals surface area contributed by atoms with Gasteiger partial charge in [-0.15, -0.1) is 0 Å². The van der Waals surface area contributed by atoms with Crippen molar-refractivity contribution in [2.75, 3.05) is 18.5 Å². The van der Waals surface area contributed by atoms with Crippen LogP contribution in [0.5, 0.6) is 0 Å². The maximum atomic E-state index is 13.0. The molecule has 1 unspecified atom stereocenters. The van der Waals surface area contributed by atoms with E-state index in [1.165, 1.54) is 0 Å². The lowest BCUT2D eigenvalue weighted by Crippen LogP contribution is -2.48. The summed E-state index contributed by atoms with van der Waals surface area (Å²) in [5.41, 5.74) is 0.577. The molecular weight excluding hydrogens is 339 g/mol. The molecule has 0 aliphatic heterocycles. The highest BCUT2D eigenvalue weighted by Gasteiger charge is 2.47. The summed E-state index contributed by atoms with van der Waals surface area (Å²) in [6.45, 7) is 7.39. The van der Waals surface area contributed by atoms with Crippen LogP contribution in [0.4, 0.5) is 10.5 Å². The molecule has 2 amide bonds. The maximum Gasteiger partial charge on any atom is 0.355 e. The quantitative estimate of drug-likeness (QED) is 0.648. The molecule has 0 fully saturated rings. The van der Waals surface area contributed by atoms with E-state index in [9.17, 15) is 9.36 Å². The Morgan fingerprint density at radius 2 is 1.70 bits per heavy atom. The molecule has 0 aliphatic carbocycles. The van der Waals surface area contributed by atoms with Gasteiger partial charge in [0.2, 0.25) is 0 Å². The number of rotatable bonds is 8. The minimum absolute atomic E-state index is 0.230. The molecule has 1 aromatic carbocycles. The van der Waals surface area contributed by atoms with Gasteiger partial charge in [0.15, 0.2) is 0 Å². The first-order valence-corrected chi connectivity index (χ1v) is 9.46. The monoisotopic (exact) mass is 362 g/mol. The molecule has 6 nitrogen and oxygen atoms in total. The first kappa shape index (κ1) is 20.0. The van der Waals surface area contributed by atoms with Crippen molar-refractivity contribution >= 4 is 30.9 Å². The van der Waals surface area contributed by atoms with Crippen molar-refractivity contribution in [2.24, 2.45) is 0 Å². The number of nitrogens with one attached hydrogen (secondary N) is 2. The Labute approximate surface area is 142 Å². The molecule has 23 heavy (non-hydrogen) atoms. The number of hydrogen-bond donors (Lipinski definition) is 2. The summed E-state index contributed by atoms with van der Waals surface area (Å²) in [7, 11) is -3.50. The Bertz CT molecular complexity index is 557. The molecule has 0 spiro atoms. The second-order valence-electron chi connectivity index (χ2n) is 5.05. The highest BCUT2D eigenvalue weighted by molar-refractivity contribution is 7.55. The van der Waals surface area contributed by atoms with Crippen LogP contribution in [0.2, 0.25) is 5.02 Å². The van der Waals surface area contributed by atoms with Gasteiger partial charge in [0.05, 0.1) is 13.2 Å². The molecule has 1 atom stereocenters. The SMILES string of the molecule is CCOP(=O)(OCC)C(C)(CC)NC(=O)Nc1ccc(Cl)cc1. The van der Waals surface area contributed by atoms with Gasteiger partial charge in [0, 0.05) is 10.7 Å². The van der Waals surface area contributed by atoms with Gasteiger partial charge in [0.25, 0.3) is 0 Å². The van der Waals surface area contributed by atoms with Crippen LogP contribution in [-0.2, 0) is 13.6 Å². The van der Waals surface area contributed by atoms with Gasteiger partial charge in [-0.25, -0.2) is 4.79 Å². The molecule has 0 radical (unpaired) electrons. The van der Waals surface area contributed by atoms with Gasteiger partial charge in [-0.2, -0.15) is 0 Å². The van der Waals surface area contributed by atoms with Gasteiger partial charge in [-0.05, 0) is 51.5 Å². The first-order valence-electron chi connectivity index (χ1n) is 7.54. The van der Waals surface area contributed by atoms with E-state index in [1.807, 2.05) is 6.92 Å². The Hall–Kier alpha value is -1.07. The van der Waals surface area contributed by atoms with Crippen LogP contribution in [0.15, 0.2) is 24.3 Å². The molecule has 0 aromatic heterocycles. The summed E-state index contributed by atoms with van der Waals surface area (Å²) in [5.74, 6) is 0. The molecule has 2 N–H and O–H groups in total. The fraction of sp³-hybridized carbons (Fsp3) is 0.533. The summed E-state index contributed by atoms with van der Waals surface area (Å²) >= 11 is 5.81. The van der Waals surface area contributed by atoms with Gasteiger partial charge < -0.3 is 19.7 Å². The van der Waals surface area contributed by atoms with Gasteiger partial charge >= 0.3 is 13.6 Å². The van der Waals surface area contributed by atoms with Crippen molar-refractivity contribution < 1.29 is 18.4 Å². The van der Waals surface area contributed by atoms with Crippen molar-refractivity contribution in [3.8, 4) is 0 Å². The summed E-state index contributed by atoms with van der Waals surface area (Å²) in [6.07, 6.45) is 0.387. The van der Waals surface area contributed by atoms with Crippen LogP contribution in [0.3, 0.4) is 0 Å². The zero-order chi connectivity index (χ0) is 17.5. The standard InChI is InChI=1S/C15H24ClN2O4P/c1-5-15(4,23(20,21-6-2)22-7-3)18-14(19)17-13-10-8-12(16)9-11-13/h8-11H,5-7H2,1-4H3,(H2,17,18,19). The summed E-state index contributed by atoms with van der Waals surface area (Å²) in [5, 5.41) is 4.84. The highest BCUT2D eigenvalue weighted by atomic mass is 35.5. The lowest BCUT2D eigenvalue weighted by atomic mass is 10.2. The fourth-order valence-corrected chi connectivity index (χ4v) is 4.03. The van der Waals surface area contributed by atoms with Crippen LogP contribution in [-0.4, -0.2) is 24.5 Å². The van der Waals surface area contributed by atoms with Crippen molar-refractivity contribution in [3.63, 3.8) is 0 Å². The first-order chi connectivity index (χ1) is 10.8. The smallest absolute Gasteiger partial charge is 0.321 e. The zero-order valence-corrected chi connectivity index (χ0v) is 15.5. The van der Waals surface area contributed by atoms with Crippen LogP contribution in [0, 0.1) is 0 Å². The number of hydrogen-bond acceptors (Lipinski definition) is 4. The largest absolute Gasteiger partial charge is 0.355 e. The Morgan fingerprint density at radius 1 is 1.17 bits per heavy atom. The molecule has 1 aromatic rings. The Morgan fingerprint density at radius 3 is 2.13 bits per heavy atom. The summed E-state index contributed by atoms with van der Waals surface area (Å²) in [6, 6.07) is 6.20. The van der Waals surface area contributed by atoms with Gasteiger partial charge in [-0.3, -0.25) is 4.57 Å². The molecule has 8 heteroatoms. The highest BCUT2D eigenvalue weighted by Crippen LogP contribution is 2.59. The topological polar surface area (TPSA) is 76.7 Å². The van der Waals surface area contributed by atoms with E-state index in [1.54, 1.807) is 45.0 Å². The molecule has 0 saturated carbocycles. The summed E-state index contributed by atoms with van der Waals surface area (Å²) in [4.78, 5) is 12.2. The van der Waals surface area contributed by atoms with Crippen molar-refractivity contribution in [3.05, 3.63) is 29.3 Å². The Kier molecular flexibility index (Phi) is 7.55. The number of amides is 2. The molecule has 1 rings (SSSR count). The number of urea groups is 1.